The Labute approximate surface area is 128 Å². The molecule has 1 fully saturated rings. The molecule has 2 nitrogen and oxygen atoms in total. The number of nitrogens with one attached hydrogen (secondary N) is 1. The Bertz CT molecular complexity index is 472. The van der Waals surface area contributed by atoms with Crippen molar-refractivity contribution in [1.29, 1.82) is 0 Å². The van der Waals surface area contributed by atoms with Gasteiger partial charge in [-0.25, -0.2) is 0 Å². The summed E-state index contributed by atoms with van der Waals surface area (Å²) in [6.45, 7) is 0. The third-order valence-corrected chi connectivity index (χ3v) is 5.51. The van der Waals surface area contributed by atoms with Crippen LogP contribution in [0.5, 0.6) is 0 Å². The molecule has 1 atom stereocenters. The van der Waals surface area contributed by atoms with Crippen LogP contribution >= 0.6 is 0 Å². The van der Waals surface area contributed by atoms with Crippen LogP contribution in [-0.4, -0.2) is 6.04 Å². The van der Waals surface area contributed by atoms with E-state index in [0.29, 0.717) is 6.04 Å². The highest BCUT2D eigenvalue weighted by molar-refractivity contribution is 5.34. The van der Waals surface area contributed by atoms with Gasteiger partial charge in [0.1, 0.15) is 0 Å². The fraction of sp³-hybridized carbons (Fsp3) is 0.579. The molecule has 0 aromatic heterocycles. The van der Waals surface area contributed by atoms with Crippen LogP contribution in [0.2, 0.25) is 0 Å². The smallest absolute Gasteiger partial charge is 0.0516 e. The van der Waals surface area contributed by atoms with Gasteiger partial charge < -0.3 is 0 Å². The number of hydrazine groups is 1. The highest BCUT2D eigenvalue weighted by Gasteiger charge is 2.42. The van der Waals surface area contributed by atoms with Crippen LogP contribution in [0.4, 0.5) is 0 Å². The van der Waals surface area contributed by atoms with E-state index in [1.165, 1.54) is 63.4 Å². The zero-order valence-electron chi connectivity index (χ0n) is 13.0. The Morgan fingerprint density at radius 3 is 2.33 bits per heavy atom. The van der Waals surface area contributed by atoms with E-state index in [4.69, 9.17) is 5.84 Å². The molecule has 114 valence electrons. The van der Waals surface area contributed by atoms with E-state index in [9.17, 15) is 0 Å². The van der Waals surface area contributed by atoms with Gasteiger partial charge >= 0.3 is 0 Å². The number of rotatable bonds is 4. The normalized spacial score (nSPS) is 23.4. The number of benzene rings is 1. The van der Waals surface area contributed by atoms with E-state index in [-0.39, 0.29) is 5.41 Å². The fourth-order valence-electron chi connectivity index (χ4n) is 4.44. The Hall–Kier alpha value is -1.12. The molecule has 0 saturated heterocycles. The molecule has 1 aromatic carbocycles. The van der Waals surface area contributed by atoms with Gasteiger partial charge in [0, 0.05) is 5.41 Å². The first kappa shape index (κ1) is 14.8. The first-order chi connectivity index (χ1) is 10.4. The van der Waals surface area contributed by atoms with Crippen LogP contribution in [0.25, 0.3) is 0 Å². The zero-order valence-corrected chi connectivity index (χ0v) is 13.0. The molecule has 0 amide bonds. The monoisotopic (exact) mass is 284 g/mol. The molecule has 3 rings (SSSR count). The van der Waals surface area contributed by atoms with Gasteiger partial charge in [0.15, 0.2) is 0 Å². The van der Waals surface area contributed by atoms with E-state index in [1.807, 2.05) is 0 Å². The minimum absolute atomic E-state index is 0.192. The average molecular weight is 284 g/mol. The topological polar surface area (TPSA) is 38.0 Å². The molecule has 2 aliphatic rings. The van der Waals surface area contributed by atoms with E-state index >= 15 is 0 Å². The molecule has 0 heterocycles. The summed E-state index contributed by atoms with van der Waals surface area (Å²) in [6, 6.07) is 11.4. The van der Waals surface area contributed by atoms with Gasteiger partial charge in [-0.2, -0.15) is 0 Å². The van der Waals surface area contributed by atoms with Crippen LogP contribution < -0.4 is 11.3 Å². The summed E-state index contributed by atoms with van der Waals surface area (Å²) in [5.41, 5.74) is 6.43. The fourth-order valence-corrected chi connectivity index (χ4v) is 4.44. The summed E-state index contributed by atoms with van der Waals surface area (Å²) >= 11 is 0. The molecule has 0 radical (unpaired) electrons. The Morgan fingerprint density at radius 1 is 0.952 bits per heavy atom. The van der Waals surface area contributed by atoms with Crippen molar-refractivity contribution < 1.29 is 0 Å². The summed E-state index contributed by atoms with van der Waals surface area (Å²) in [5, 5.41) is 0. The molecule has 1 saturated carbocycles. The second kappa shape index (κ2) is 6.76. The van der Waals surface area contributed by atoms with Gasteiger partial charge in [-0.1, -0.05) is 61.2 Å². The molecule has 3 N–H and O–H groups in total. The molecular weight excluding hydrogens is 256 g/mol. The predicted molar refractivity (Wildman–Crippen MR) is 88.9 cm³/mol. The number of hydrogen-bond donors (Lipinski definition) is 2. The van der Waals surface area contributed by atoms with Crippen molar-refractivity contribution in [2.75, 3.05) is 0 Å². The summed E-state index contributed by atoms with van der Waals surface area (Å²) in [7, 11) is 0. The van der Waals surface area contributed by atoms with Crippen LogP contribution in [0.15, 0.2) is 42.0 Å². The lowest BCUT2D eigenvalue weighted by molar-refractivity contribution is 0.229. The third kappa shape index (κ3) is 2.93. The van der Waals surface area contributed by atoms with E-state index < -0.39 is 0 Å². The van der Waals surface area contributed by atoms with Crippen molar-refractivity contribution >= 4 is 0 Å². The highest BCUT2D eigenvalue weighted by Crippen LogP contribution is 2.45. The quantitative estimate of drug-likeness (QED) is 0.493. The molecule has 21 heavy (non-hydrogen) atoms. The molecule has 0 bridgehead atoms. The van der Waals surface area contributed by atoms with Crippen LogP contribution in [-0.2, 0) is 5.41 Å². The number of nitrogens with two attached hydrogens (primary N) is 1. The number of allylic oxidation sites excluding steroid dienone is 1. The second-order valence-corrected chi connectivity index (χ2v) is 6.71. The first-order valence-electron chi connectivity index (χ1n) is 8.57. The van der Waals surface area contributed by atoms with Gasteiger partial charge in [0.05, 0.1) is 6.04 Å². The van der Waals surface area contributed by atoms with Gasteiger partial charge in [-0.05, 0) is 44.1 Å². The second-order valence-electron chi connectivity index (χ2n) is 6.71. The minimum Gasteiger partial charge on any atom is -0.271 e. The summed E-state index contributed by atoms with van der Waals surface area (Å²) in [4.78, 5) is 0. The lowest BCUT2D eigenvalue weighted by Gasteiger charge is -2.45. The lowest BCUT2D eigenvalue weighted by Crippen LogP contribution is -2.53. The largest absolute Gasteiger partial charge is 0.271 e. The van der Waals surface area contributed by atoms with Crippen molar-refractivity contribution in [3.05, 3.63) is 47.5 Å². The van der Waals surface area contributed by atoms with Gasteiger partial charge in [-0.15, -0.1) is 0 Å². The van der Waals surface area contributed by atoms with Crippen molar-refractivity contribution in [2.45, 2.75) is 69.2 Å². The third-order valence-electron chi connectivity index (χ3n) is 5.51. The Morgan fingerprint density at radius 2 is 1.71 bits per heavy atom. The Balaban J connectivity index is 1.99. The Kier molecular flexibility index (Phi) is 4.77. The van der Waals surface area contributed by atoms with Crippen molar-refractivity contribution in [1.82, 2.24) is 5.43 Å². The minimum atomic E-state index is 0.192. The van der Waals surface area contributed by atoms with Gasteiger partial charge in [0.25, 0.3) is 0 Å². The molecule has 1 aromatic rings. The molecule has 1 unspecified atom stereocenters. The van der Waals surface area contributed by atoms with Crippen molar-refractivity contribution in [3.63, 3.8) is 0 Å². The van der Waals surface area contributed by atoms with Crippen LogP contribution in [0.3, 0.4) is 0 Å². The SMILES string of the molecule is NNC(C1=CCCCC1)C1(c2ccccc2)CCCCC1. The zero-order chi connectivity index (χ0) is 14.5. The van der Waals surface area contributed by atoms with Crippen molar-refractivity contribution in [2.24, 2.45) is 5.84 Å². The van der Waals surface area contributed by atoms with Gasteiger partial charge in [-0.3, -0.25) is 11.3 Å². The number of hydrogen-bond acceptors (Lipinski definition) is 2. The molecule has 2 aliphatic carbocycles. The standard InChI is InChI=1S/C19H28N2/c20-21-18(16-10-4-1-5-11-16)19(14-8-3-9-15-19)17-12-6-2-7-13-17/h2,6-7,10,12-13,18,21H,1,3-5,8-9,11,14-15,20H2. The van der Waals surface area contributed by atoms with E-state index in [2.05, 4.69) is 41.8 Å². The average Bonchev–Trinajstić information content (AvgIpc) is 2.58. The predicted octanol–water partition coefficient (Wildman–Crippen LogP) is 4.22. The molecule has 2 heteroatoms. The maximum absolute atomic E-state index is 6.07. The maximum Gasteiger partial charge on any atom is 0.0516 e. The summed E-state index contributed by atoms with van der Waals surface area (Å²) in [6.07, 6.45) is 14.0. The lowest BCUT2D eigenvalue weighted by atomic mass is 9.62. The molecule has 0 spiro atoms. The van der Waals surface area contributed by atoms with E-state index in [1.54, 1.807) is 5.57 Å². The first-order valence-corrected chi connectivity index (χ1v) is 8.57. The summed E-state index contributed by atoms with van der Waals surface area (Å²) < 4.78 is 0. The van der Waals surface area contributed by atoms with Gasteiger partial charge in [0.2, 0.25) is 0 Å². The summed E-state index contributed by atoms with van der Waals surface area (Å²) in [5.74, 6) is 6.07. The highest BCUT2D eigenvalue weighted by atomic mass is 15.2. The maximum atomic E-state index is 6.07. The van der Waals surface area contributed by atoms with Crippen LogP contribution in [0.1, 0.15) is 63.4 Å². The molecule has 0 aliphatic heterocycles. The molecular formula is C19H28N2. The van der Waals surface area contributed by atoms with Crippen LogP contribution in [0, 0.1) is 0 Å². The van der Waals surface area contributed by atoms with E-state index in [0.717, 1.165) is 0 Å². The van der Waals surface area contributed by atoms with Crippen molar-refractivity contribution in [3.8, 4) is 0 Å².